The topological polar surface area (TPSA) is 110 Å². The lowest BCUT2D eigenvalue weighted by molar-refractivity contribution is 0.0240. The highest BCUT2D eigenvalue weighted by molar-refractivity contribution is 6.04. The van der Waals surface area contributed by atoms with E-state index in [1.807, 2.05) is 26.8 Å². The average Bonchev–Trinajstić information content (AvgIpc) is 3.18. The summed E-state index contributed by atoms with van der Waals surface area (Å²) in [6, 6.07) is 8.25. The number of anilines is 1. The van der Waals surface area contributed by atoms with Crippen LogP contribution in [0.3, 0.4) is 0 Å². The molecule has 1 N–H and O–H groups in total. The zero-order valence-electron chi connectivity index (χ0n) is 19.8. The van der Waals surface area contributed by atoms with Crippen LogP contribution >= 0.6 is 0 Å². The molecule has 1 aliphatic heterocycles. The number of aromatic hydroxyl groups is 1. The van der Waals surface area contributed by atoms with Gasteiger partial charge in [0.15, 0.2) is 5.69 Å². The molecule has 0 unspecified atom stereocenters. The fourth-order valence-electron chi connectivity index (χ4n) is 3.84. The minimum absolute atomic E-state index is 0.111. The largest absolute Gasteiger partial charge is 0.508 e. The van der Waals surface area contributed by atoms with Crippen LogP contribution in [0.5, 0.6) is 5.75 Å². The quantitative estimate of drug-likeness (QED) is 0.582. The fraction of sp³-hybridized carbons (Fsp3) is 0.417. The van der Waals surface area contributed by atoms with Crippen LogP contribution in [-0.2, 0) is 9.47 Å². The van der Waals surface area contributed by atoms with Gasteiger partial charge in [0.05, 0.1) is 18.0 Å². The summed E-state index contributed by atoms with van der Waals surface area (Å²) >= 11 is 0. The summed E-state index contributed by atoms with van der Waals surface area (Å²) < 4.78 is 12.3. The maximum Gasteiger partial charge on any atom is 0.410 e. The number of hydrogen-bond acceptors (Lipinski definition) is 8. The Bertz CT molecular complexity index is 1190. The number of esters is 1. The van der Waals surface area contributed by atoms with Crippen molar-refractivity contribution in [1.82, 2.24) is 19.7 Å². The van der Waals surface area contributed by atoms with E-state index < -0.39 is 11.6 Å². The highest BCUT2D eigenvalue weighted by Crippen LogP contribution is 2.30. The van der Waals surface area contributed by atoms with Crippen LogP contribution in [0.1, 0.15) is 38.2 Å². The number of aromatic nitrogens is 3. The summed E-state index contributed by atoms with van der Waals surface area (Å²) in [5.74, 6) is -0.419. The van der Waals surface area contributed by atoms with E-state index in [4.69, 9.17) is 14.6 Å². The second-order valence-corrected chi connectivity index (χ2v) is 8.98. The number of rotatable bonds is 4. The van der Waals surface area contributed by atoms with Gasteiger partial charge in [0.25, 0.3) is 0 Å². The zero-order chi connectivity index (χ0) is 24.5. The molecule has 0 aliphatic carbocycles. The van der Waals surface area contributed by atoms with E-state index in [0.29, 0.717) is 42.9 Å². The van der Waals surface area contributed by atoms with Crippen LogP contribution in [0.15, 0.2) is 36.5 Å². The van der Waals surface area contributed by atoms with Crippen LogP contribution < -0.4 is 4.90 Å². The summed E-state index contributed by atoms with van der Waals surface area (Å²) in [6.45, 7) is 9.67. The number of fused-ring (bicyclic) bond motifs is 1. The lowest BCUT2D eigenvalue weighted by Gasteiger charge is -2.36. The highest BCUT2D eigenvalue weighted by Gasteiger charge is 2.29. The van der Waals surface area contributed by atoms with Gasteiger partial charge in [-0.3, -0.25) is 4.98 Å². The van der Waals surface area contributed by atoms with Gasteiger partial charge in [-0.05, 0) is 58.0 Å². The van der Waals surface area contributed by atoms with Gasteiger partial charge in [-0.15, -0.1) is 0 Å². The predicted octanol–water partition coefficient (Wildman–Crippen LogP) is 3.36. The number of benzene rings is 1. The maximum absolute atomic E-state index is 12.9. The Morgan fingerprint density at radius 1 is 1.03 bits per heavy atom. The Morgan fingerprint density at radius 2 is 1.71 bits per heavy atom. The van der Waals surface area contributed by atoms with Gasteiger partial charge in [-0.25, -0.2) is 14.3 Å². The summed E-state index contributed by atoms with van der Waals surface area (Å²) in [6.07, 6.45) is 1.32. The van der Waals surface area contributed by atoms with Crippen molar-refractivity contribution in [2.75, 3.05) is 37.7 Å². The molecule has 10 nitrogen and oxygen atoms in total. The van der Waals surface area contributed by atoms with Gasteiger partial charge in [0.2, 0.25) is 0 Å². The minimum atomic E-state index is -0.546. The molecule has 1 saturated heterocycles. The number of amides is 1. The Balaban J connectivity index is 1.67. The molecule has 10 heteroatoms. The SMILES string of the molecule is CCOC(=O)c1c2nccc(N3CCN(C(=O)OC(C)(C)C)CC3)c2nn1-c1ccc(O)cc1. The summed E-state index contributed by atoms with van der Waals surface area (Å²) in [7, 11) is 0. The third kappa shape index (κ3) is 4.75. The molecule has 34 heavy (non-hydrogen) atoms. The van der Waals surface area contributed by atoms with Crippen LogP contribution in [0.2, 0.25) is 0 Å². The first-order chi connectivity index (χ1) is 16.2. The molecule has 3 heterocycles. The molecule has 1 aromatic carbocycles. The fourth-order valence-corrected chi connectivity index (χ4v) is 3.84. The lowest BCUT2D eigenvalue weighted by atomic mass is 10.2. The molecule has 4 rings (SSSR count). The van der Waals surface area contributed by atoms with E-state index >= 15 is 0 Å². The van der Waals surface area contributed by atoms with Gasteiger partial charge in [0, 0.05) is 32.4 Å². The van der Waals surface area contributed by atoms with Gasteiger partial charge in [0.1, 0.15) is 22.4 Å². The van der Waals surface area contributed by atoms with Crippen LogP contribution in [0.25, 0.3) is 16.7 Å². The van der Waals surface area contributed by atoms with Crippen molar-refractivity contribution in [2.24, 2.45) is 0 Å². The molecule has 0 atom stereocenters. The number of phenolic OH excluding ortho intramolecular Hbond substituents is 1. The first-order valence-corrected chi connectivity index (χ1v) is 11.2. The van der Waals surface area contributed by atoms with Crippen molar-refractivity contribution in [3.05, 3.63) is 42.2 Å². The van der Waals surface area contributed by atoms with Crippen LogP contribution in [0, 0.1) is 0 Å². The molecular formula is C24H29N5O5. The predicted molar refractivity (Wildman–Crippen MR) is 127 cm³/mol. The molecule has 3 aromatic rings. The van der Waals surface area contributed by atoms with Gasteiger partial charge in [-0.2, -0.15) is 5.10 Å². The molecule has 0 bridgehead atoms. The zero-order valence-corrected chi connectivity index (χ0v) is 19.8. The number of pyridine rings is 1. The Hall–Kier alpha value is -3.82. The summed E-state index contributed by atoms with van der Waals surface area (Å²) in [5, 5.41) is 14.4. The average molecular weight is 468 g/mol. The Morgan fingerprint density at radius 3 is 2.32 bits per heavy atom. The smallest absolute Gasteiger partial charge is 0.410 e. The number of ether oxygens (including phenoxy) is 2. The number of carbonyl (C=O) groups excluding carboxylic acids is 2. The molecule has 180 valence electrons. The Labute approximate surface area is 197 Å². The summed E-state index contributed by atoms with van der Waals surface area (Å²) in [5.41, 5.74) is 2.08. The molecule has 0 saturated carbocycles. The van der Waals surface area contributed by atoms with Gasteiger partial charge < -0.3 is 24.4 Å². The molecule has 2 aromatic heterocycles. The number of piperazine rings is 1. The van der Waals surface area contributed by atoms with Crippen LogP contribution in [0.4, 0.5) is 10.5 Å². The highest BCUT2D eigenvalue weighted by atomic mass is 16.6. The molecule has 0 radical (unpaired) electrons. The first-order valence-electron chi connectivity index (χ1n) is 11.2. The number of carbonyl (C=O) groups is 2. The third-order valence-corrected chi connectivity index (χ3v) is 5.37. The molecule has 1 aliphatic rings. The molecule has 1 fully saturated rings. The van der Waals surface area contributed by atoms with Crippen molar-refractivity contribution in [3.63, 3.8) is 0 Å². The van der Waals surface area contributed by atoms with Crippen molar-refractivity contribution >= 4 is 28.8 Å². The lowest BCUT2D eigenvalue weighted by Crippen LogP contribution is -2.50. The second kappa shape index (κ2) is 9.20. The standard InChI is InChI=1S/C24H29N5O5/c1-5-33-22(31)21-20-19(26-29(21)16-6-8-17(30)9-7-16)18(10-11-25-20)27-12-14-28(15-13-27)23(32)34-24(2,3)4/h6-11,30H,5,12-15H2,1-4H3. The molecule has 1 amide bonds. The van der Waals surface area contributed by atoms with E-state index in [0.717, 1.165) is 5.69 Å². The van der Waals surface area contributed by atoms with E-state index in [1.165, 1.54) is 16.8 Å². The van der Waals surface area contributed by atoms with E-state index in [-0.39, 0.29) is 24.1 Å². The minimum Gasteiger partial charge on any atom is -0.508 e. The number of hydrogen-bond donors (Lipinski definition) is 1. The van der Waals surface area contributed by atoms with E-state index in [9.17, 15) is 14.7 Å². The van der Waals surface area contributed by atoms with Gasteiger partial charge in [-0.1, -0.05) is 0 Å². The van der Waals surface area contributed by atoms with Crippen molar-refractivity contribution in [1.29, 1.82) is 0 Å². The van der Waals surface area contributed by atoms with Gasteiger partial charge >= 0.3 is 12.1 Å². The van der Waals surface area contributed by atoms with Crippen LogP contribution in [-0.4, -0.2) is 75.2 Å². The van der Waals surface area contributed by atoms with Crippen molar-refractivity contribution < 1.29 is 24.2 Å². The molecule has 0 spiro atoms. The Kier molecular flexibility index (Phi) is 6.32. The summed E-state index contributed by atoms with van der Waals surface area (Å²) in [4.78, 5) is 33.5. The maximum atomic E-state index is 12.9. The second-order valence-electron chi connectivity index (χ2n) is 8.98. The molecular weight excluding hydrogens is 438 g/mol. The van der Waals surface area contributed by atoms with E-state index in [2.05, 4.69) is 9.88 Å². The normalized spacial score (nSPS) is 14.4. The van der Waals surface area contributed by atoms with Crippen molar-refractivity contribution in [2.45, 2.75) is 33.3 Å². The monoisotopic (exact) mass is 467 g/mol. The first kappa shape index (κ1) is 23.3. The van der Waals surface area contributed by atoms with E-state index in [1.54, 1.807) is 30.2 Å². The number of nitrogens with zero attached hydrogens (tertiary/aromatic N) is 5. The third-order valence-electron chi connectivity index (χ3n) is 5.37. The number of phenols is 1. The van der Waals surface area contributed by atoms with Crippen molar-refractivity contribution in [3.8, 4) is 11.4 Å².